The summed E-state index contributed by atoms with van der Waals surface area (Å²) in [6.45, 7) is 0.411. The van der Waals surface area contributed by atoms with Crippen LogP contribution in [0.15, 0.2) is 18.2 Å². The minimum absolute atomic E-state index is 0.00425. The molecule has 3 N–H and O–H groups in total. The van der Waals surface area contributed by atoms with Gasteiger partial charge in [-0.1, -0.05) is 22.9 Å². The quantitative estimate of drug-likeness (QED) is 0.470. The lowest BCUT2D eigenvalue weighted by atomic mass is 10.2. The Hall–Kier alpha value is -2.26. The third kappa shape index (κ3) is 4.12. The van der Waals surface area contributed by atoms with Crippen LogP contribution in [0.3, 0.4) is 0 Å². The number of nitro groups is 1. The van der Waals surface area contributed by atoms with Crippen molar-refractivity contribution in [3.63, 3.8) is 0 Å². The SMILES string of the molecule is Nc1nnc(CCCNC(=O)c2ccc(Cl)c([N+](=O)[O-])c2)s1. The second-order valence-corrected chi connectivity index (χ2v) is 5.82. The van der Waals surface area contributed by atoms with E-state index in [-0.39, 0.29) is 16.3 Å². The average Bonchev–Trinajstić information content (AvgIpc) is 2.89. The number of nitrogens with two attached hydrogens (primary N) is 1. The maximum atomic E-state index is 11.9. The number of nitrogen functional groups attached to an aromatic ring is 1. The summed E-state index contributed by atoms with van der Waals surface area (Å²) >= 11 is 7.00. The van der Waals surface area contributed by atoms with E-state index in [0.29, 0.717) is 24.5 Å². The fourth-order valence-electron chi connectivity index (χ4n) is 1.71. The third-order valence-corrected chi connectivity index (χ3v) is 3.87. The summed E-state index contributed by atoms with van der Waals surface area (Å²) in [6.07, 6.45) is 1.31. The number of amides is 1. The normalized spacial score (nSPS) is 10.4. The molecule has 1 aromatic carbocycles. The fourth-order valence-corrected chi connectivity index (χ4v) is 2.54. The number of carbonyl (C=O) groups excluding carboxylic acids is 1. The van der Waals surface area contributed by atoms with Crippen LogP contribution < -0.4 is 11.1 Å². The lowest BCUT2D eigenvalue weighted by Gasteiger charge is -2.05. The van der Waals surface area contributed by atoms with Gasteiger partial charge in [0, 0.05) is 24.6 Å². The largest absolute Gasteiger partial charge is 0.374 e. The Balaban J connectivity index is 1.87. The van der Waals surface area contributed by atoms with E-state index in [9.17, 15) is 14.9 Å². The standard InChI is InChI=1S/C12H12ClN5O3S/c13-8-4-3-7(6-9(8)18(20)21)11(19)15-5-1-2-10-16-17-12(14)22-10/h3-4,6H,1-2,5H2,(H2,14,17)(H,15,19). The van der Waals surface area contributed by atoms with Gasteiger partial charge in [-0.25, -0.2) is 0 Å². The number of hydrogen-bond acceptors (Lipinski definition) is 7. The van der Waals surface area contributed by atoms with Crippen LogP contribution in [0, 0.1) is 10.1 Å². The predicted molar refractivity (Wildman–Crippen MR) is 83.1 cm³/mol. The number of nitro benzene ring substituents is 1. The predicted octanol–water partition coefficient (Wildman–Crippen LogP) is 2.04. The molecule has 10 heteroatoms. The van der Waals surface area contributed by atoms with Gasteiger partial charge in [-0.15, -0.1) is 10.2 Å². The highest BCUT2D eigenvalue weighted by atomic mass is 35.5. The number of rotatable bonds is 6. The van der Waals surface area contributed by atoms with Gasteiger partial charge in [0.05, 0.1) is 4.92 Å². The van der Waals surface area contributed by atoms with Crippen molar-refractivity contribution >= 4 is 39.7 Å². The van der Waals surface area contributed by atoms with Crippen LogP contribution >= 0.6 is 22.9 Å². The Morgan fingerprint density at radius 2 is 2.23 bits per heavy atom. The van der Waals surface area contributed by atoms with Crippen LogP contribution in [-0.4, -0.2) is 27.6 Å². The number of anilines is 1. The number of hydrogen-bond donors (Lipinski definition) is 2. The third-order valence-electron chi connectivity index (χ3n) is 2.74. The van der Waals surface area contributed by atoms with Crippen molar-refractivity contribution in [2.45, 2.75) is 12.8 Å². The van der Waals surface area contributed by atoms with E-state index in [2.05, 4.69) is 15.5 Å². The van der Waals surface area contributed by atoms with E-state index in [1.165, 1.54) is 23.5 Å². The molecule has 1 heterocycles. The first-order valence-corrected chi connectivity index (χ1v) is 7.47. The maximum Gasteiger partial charge on any atom is 0.288 e. The van der Waals surface area contributed by atoms with E-state index in [1.54, 1.807) is 0 Å². The zero-order valence-electron chi connectivity index (χ0n) is 11.3. The highest BCUT2D eigenvalue weighted by molar-refractivity contribution is 7.15. The fraction of sp³-hybridized carbons (Fsp3) is 0.250. The van der Waals surface area contributed by atoms with Crippen LogP contribution in [0.5, 0.6) is 0 Å². The summed E-state index contributed by atoms with van der Waals surface area (Å²) < 4.78 is 0. The van der Waals surface area contributed by atoms with Crippen LogP contribution in [0.2, 0.25) is 5.02 Å². The number of aromatic nitrogens is 2. The Kier molecular flexibility index (Phi) is 5.23. The minimum atomic E-state index is -0.626. The zero-order valence-corrected chi connectivity index (χ0v) is 12.9. The van der Waals surface area contributed by atoms with Gasteiger partial charge in [0.1, 0.15) is 10.0 Å². The van der Waals surface area contributed by atoms with E-state index >= 15 is 0 Å². The molecule has 0 saturated heterocycles. The van der Waals surface area contributed by atoms with Gasteiger partial charge in [-0.3, -0.25) is 14.9 Å². The van der Waals surface area contributed by atoms with Crippen LogP contribution in [0.4, 0.5) is 10.8 Å². The first-order valence-electron chi connectivity index (χ1n) is 6.27. The van der Waals surface area contributed by atoms with Crippen molar-refractivity contribution in [3.8, 4) is 0 Å². The first-order chi connectivity index (χ1) is 10.5. The molecule has 0 aliphatic carbocycles. The minimum Gasteiger partial charge on any atom is -0.374 e. The van der Waals surface area contributed by atoms with E-state index in [4.69, 9.17) is 17.3 Å². The highest BCUT2D eigenvalue weighted by Crippen LogP contribution is 2.24. The van der Waals surface area contributed by atoms with Crippen LogP contribution in [-0.2, 0) is 6.42 Å². The molecule has 8 nitrogen and oxygen atoms in total. The maximum absolute atomic E-state index is 11.9. The molecule has 2 rings (SSSR count). The summed E-state index contributed by atoms with van der Waals surface area (Å²) in [5.74, 6) is -0.392. The van der Waals surface area contributed by atoms with E-state index < -0.39 is 10.8 Å². The van der Waals surface area contributed by atoms with Gasteiger partial charge in [-0.05, 0) is 18.6 Å². The van der Waals surface area contributed by atoms with Crippen LogP contribution in [0.1, 0.15) is 21.8 Å². The molecular weight excluding hydrogens is 330 g/mol. The van der Waals surface area contributed by atoms with Crippen molar-refractivity contribution in [1.29, 1.82) is 0 Å². The monoisotopic (exact) mass is 341 g/mol. The topological polar surface area (TPSA) is 124 Å². The van der Waals surface area contributed by atoms with Gasteiger partial charge in [0.2, 0.25) is 5.13 Å². The molecule has 0 aliphatic rings. The number of benzene rings is 1. The molecule has 0 radical (unpaired) electrons. The average molecular weight is 342 g/mol. The van der Waals surface area contributed by atoms with Crippen molar-refractivity contribution in [1.82, 2.24) is 15.5 Å². The Labute approximate surface area is 134 Å². The zero-order chi connectivity index (χ0) is 16.1. The Morgan fingerprint density at radius 1 is 1.45 bits per heavy atom. The van der Waals surface area contributed by atoms with E-state index in [1.807, 2.05) is 0 Å². The second-order valence-electron chi connectivity index (χ2n) is 4.32. The van der Waals surface area contributed by atoms with Crippen molar-refractivity contribution in [2.75, 3.05) is 12.3 Å². The first kappa shape index (κ1) is 16.1. The number of nitrogens with one attached hydrogen (secondary N) is 1. The lowest BCUT2D eigenvalue weighted by molar-refractivity contribution is -0.384. The molecule has 1 aromatic heterocycles. The van der Waals surface area contributed by atoms with Crippen molar-refractivity contribution < 1.29 is 9.72 Å². The van der Waals surface area contributed by atoms with Crippen molar-refractivity contribution in [2.24, 2.45) is 0 Å². The van der Waals surface area contributed by atoms with Gasteiger partial charge in [0.15, 0.2) is 0 Å². The highest BCUT2D eigenvalue weighted by Gasteiger charge is 2.16. The molecule has 0 saturated carbocycles. The molecule has 0 bridgehead atoms. The molecule has 0 spiro atoms. The smallest absolute Gasteiger partial charge is 0.288 e. The Bertz CT molecular complexity index is 706. The van der Waals surface area contributed by atoms with Gasteiger partial charge < -0.3 is 11.1 Å². The number of aryl methyl sites for hydroxylation is 1. The summed E-state index contributed by atoms with van der Waals surface area (Å²) in [5.41, 5.74) is 5.37. The molecule has 2 aromatic rings. The molecular formula is C12H12ClN5O3S. The van der Waals surface area contributed by atoms with Gasteiger partial charge in [-0.2, -0.15) is 0 Å². The van der Waals surface area contributed by atoms with E-state index in [0.717, 1.165) is 11.1 Å². The molecule has 1 amide bonds. The van der Waals surface area contributed by atoms with Crippen LogP contribution in [0.25, 0.3) is 0 Å². The molecule has 0 atom stereocenters. The molecule has 0 unspecified atom stereocenters. The molecule has 0 aliphatic heterocycles. The number of carbonyl (C=O) groups is 1. The molecule has 0 fully saturated rings. The van der Waals surface area contributed by atoms with Crippen molar-refractivity contribution in [3.05, 3.63) is 43.9 Å². The lowest BCUT2D eigenvalue weighted by Crippen LogP contribution is -2.24. The van der Waals surface area contributed by atoms with Gasteiger partial charge >= 0.3 is 0 Å². The summed E-state index contributed by atoms with van der Waals surface area (Å²) in [7, 11) is 0. The summed E-state index contributed by atoms with van der Waals surface area (Å²) in [5, 5.41) is 22.2. The molecule has 22 heavy (non-hydrogen) atoms. The summed E-state index contributed by atoms with van der Waals surface area (Å²) in [6, 6.07) is 3.93. The van der Waals surface area contributed by atoms with Gasteiger partial charge in [0.25, 0.3) is 11.6 Å². The number of halogens is 1. The summed E-state index contributed by atoms with van der Waals surface area (Å²) in [4.78, 5) is 22.1. The number of nitrogens with zero attached hydrogens (tertiary/aromatic N) is 3. The second kappa shape index (κ2) is 7.14. The Morgan fingerprint density at radius 3 is 2.86 bits per heavy atom. The molecule has 116 valence electrons.